The first-order chi connectivity index (χ1) is 27.8. The number of anilines is 3. The van der Waals surface area contributed by atoms with Gasteiger partial charge in [0.05, 0.1) is 33.0 Å². The number of nitrogens with zero attached hydrogens (tertiary/aromatic N) is 6. The van der Waals surface area contributed by atoms with Crippen LogP contribution in [0, 0.1) is 17.2 Å². The second kappa shape index (κ2) is 15.8. The number of amides is 4. The topological polar surface area (TPSA) is 133 Å². The minimum Gasteiger partial charge on any atom is -0.372 e. The number of nitrogens with one attached hydrogen (secondary N) is 3. The molecular weight excluding hydrogens is 738 g/mol. The van der Waals surface area contributed by atoms with E-state index in [9.17, 15) is 19.6 Å². The summed E-state index contributed by atoms with van der Waals surface area (Å²) in [5, 5.41) is 17.6. The van der Waals surface area contributed by atoms with Crippen molar-refractivity contribution < 1.29 is 14.4 Å². The predicted molar refractivity (Wildman–Crippen MR) is 224 cm³/mol. The number of aromatic amines is 1. The highest BCUT2D eigenvalue weighted by atomic mass is 35.5. The van der Waals surface area contributed by atoms with Crippen LogP contribution in [0.15, 0.2) is 73.1 Å². The number of aromatic nitrogens is 2. The summed E-state index contributed by atoms with van der Waals surface area (Å²) in [6.45, 7) is 7.33. The summed E-state index contributed by atoms with van der Waals surface area (Å²) in [6.07, 6.45) is 10.4. The lowest BCUT2D eigenvalue weighted by Gasteiger charge is -2.38. The largest absolute Gasteiger partial charge is 0.372 e. The van der Waals surface area contributed by atoms with Gasteiger partial charge in [0, 0.05) is 105 Å². The minimum absolute atomic E-state index is 0.0284. The number of nitriles is 1. The second-order valence-electron chi connectivity index (χ2n) is 16.1. The zero-order valence-corrected chi connectivity index (χ0v) is 32.8. The van der Waals surface area contributed by atoms with Gasteiger partial charge >= 0.3 is 6.03 Å². The van der Waals surface area contributed by atoms with Crippen molar-refractivity contribution in [3.05, 3.63) is 89.2 Å². The first kappa shape index (κ1) is 37.1. The van der Waals surface area contributed by atoms with Crippen LogP contribution in [0.2, 0.25) is 5.02 Å². The summed E-state index contributed by atoms with van der Waals surface area (Å²) in [5.74, 6) is 0.429. The molecule has 4 aliphatic rings. The quantitative estimate of drug-likeness (QED) is 0.154. The monoisotopic (exact) mass is 785 g/mol. The van der Waals surface area contributed by atoms with Gasteiger partial charge in [-0.25, -0.2) is 4.79 Å². The van der Waals surface area contributed by atoms with Gasteiger partial charge in [-0.05, 0) is 99.0 Å². The third-order valence-electron chi connectivity index (χ3n) is 12.7. The van der Waals surface area contributed by atoms with Gasteiger partial charge in [-0.15, -0.1) is 0 Å². The number of piperidine rings is 3. The van der Waals surface area contributed by atoms with E-state index in [4.69, 9.17) is 11.6 Å². The molecule has 13 heteroatoms. The van der Waals surface area contributed by atoms with Gasteiger partial charge in [0.15, 0.2) is 0 Å². The van der Waals surface area contributed by atoms with Crippen molar-refractivity contribution in [1.82, 2.24) is 25.1 Å². The average molecular weight is 786 g/mol. The van der Waals surface area contributed by atoms with Crippen LogP contribution in [0.25, 0.3) is 21.8 Å². The van der Waals surface area contributed by atoms with Gasteiger partial charge in [-0.1, -0.05) is 17.7 Å². The SMILES string of the molecule is N#Cc1c[nH]c2c(N3CCC(NC(=O)c4ccc(N5CCC(CN6CCC(n7ccc8c(N9CCC(=O)NC9=O)cccc87)CC6)CC5)cc4)CC3)ccc(Cl)c12. The van der Waals surface area contributed by atoms with Crippen LogP contribution in [0.3, 0.4) is 0 Å². The first-order valence-corrected chi connectivity index (χ1v) is 20.7. The number of likely N-dealkylation sites (tertiary alicyclic amines) is 1. The number of carbonyl (C=O) groups excluding carboxylic acids is 3. The molecule has 3 N–H and O–H groups in total. The Labute approximate surface area is 337 Å². The fourth-order valence-electron chi connectivity index (χ4n) is 9.54. The van der Waals surface area contributed by atoms with Gasteiger partial charge < -0.3 is 29.6 Å². The van der Waals surface area contributed by atoms with Crippen molar-refractivity contribution in [2.45, 2.75) is 57.0 Å². The summed E-state index contributed by atoms with van der Waals surface area (Å²) in [7, 11) is 0. The van der Waals surface area contributed by atoms with Gasteiger partial charge in [-0.3, -0.25) is 19.8 Å². The predicted octanol–water partition coefficient (Wildman–Crippen LogP) is 7.05. The Bertz CT molecular complexity index is 2340. The molecule has 4 amide bonds. The highest BCUT2D eigenvalue weighted by Crippen LogP contribution is 2.36. The maximum atomic E-state index is 13.3. The van der Waals surface area contributed by atoms with Gasteiger partial charge in [0.2, 0.25) is 5.91 Å². The number of carbonyl (C=O) groups is 3. The molecule has 4 aliphatic heterocycles. The van der Waals surface area contributed by atoms with Crippen molar-refractivity contribution in [2.24, 2.45) is 5.92 Å². The summed E-state index contributed by atoms with van der Waals surface area (Å²) >= 11 is 6.42. The highest BCUT2D eigenvalue weighted by molar-refractivity contribution is 6.36. The van der Waals surface area contributed by atoms with Gasteiger partial charge in [-0.2, -0.15) is 5.26 Å². The number of hydrogen-bond donors (Lipinski definition) is 3. The number of halogens is 1. The Morgan fingerprint density at radius 1 is 0.842 bits per heavy atom. The van der Waals surface area contributed by atoms with Gasteiger partial charge in [0.1, 0.15) is 6.07 Å². The number of rotatable bonds is 8. The molecule has 2 aromatic heterocycles. The maximum Gasteiger partial charge on any atom is 0.328 e. The zero-order valence-electron chi connectivity index (χ0n) is 32.1. The molecule has 0 aliphatic carbocycles. The average Bonchev–Trinajstić information content (AvgIpc) is 3.88. The van der Waals surface area contributed by atoms with E-state index in [1.54, 1.807) is 11.1 Å². The molecule has 0 spiro atoms. The Hall–Kier alpha value is -5.51. The third-order valence-corrected chi connectivity index (χ3v) is 13.0. The van der Waals surface area contributed by atoms with Crippen LogP contribution in [0.5, 0.6) is 0 Å². The Kier molecular flexibility index (Phi) is 10.3. The van der Waals surface area contributed by atoms with E-state index in [1.807, 2.05) is 36.4 Å². The fourth-order valence-corrected chi connectivity index (χ4v) is 9.80. The lowest BCUT2D eigenvalue weighted by atomic mass is 9.94. The summed E-state index contributed by atoms with van der Waals surface area (Å²) in [5.41, 5.74) is 6.33. The first-order valence-electron chi connectivity index (χ1n) is 20.4. The molecule has 57 heavy (non-hydrogen) atoms. The van der Waals surface area contributed by atoms with E-state index < -0.39 is 0 Å². The molecule has 4 fully saturated rings. The molecule has 0 atom stereocenters. The summed E-state index contributed by atoms with van der Waals surface area (Å²) < 4.78 is 2.39. The van der Waals surface area contributed by atoms with Crippen LogP contribution in [0.4, 0.5) is 21.9 Å². The van der Waals surface area contributed by atoms with E-state index in [-0.39, 0.29) is 23.9 Å². The van der Waals surface area contributed by atoms with Crippen LogP contribution in [-0.2, 0) is 4.79 Å². The van der Waals surface area contributed by atoms with Gasteiger partial charge in [0.25, 0.3) is 5.91 Å². The molecule has 9 rings (SSSR count). The van der Waals surface area contributed by atoms with Crippen molar-refractivity contribution in [3.8, 4) is 6.07 Å². The molecule has 0 saturated carbocycles. The number of H-pyrrole nitrogens is 1. The third kappa shape index (κ3) is 7.42. The standard InChI is InChI=1S/C44H48ClN9O3/c45-36-8-9-39(42-41(36)31(26-46)27-47-42)52-22-12-32(13-23-52)48-43(56)30-4-6-33(7-5-30)51-20-10-29(11-21-51)28-50-18-14-34(15-19-50)53-24-16-35-37(53)2-1-3-38(35)54-25-17-40(55)49-44(54)57/h1-9,16,24,27,29,32,34,47H,10-15,17-23,25,28H2,(H,48,56)(H,49,55,57). The number of imide groups is 1. The number of hydrogen-bond acceptors (Lipinski definition) is 7. The second-order valence-corrected chi connectivity index (χ2v) is 16.5. The van der Waals surface area contributed by atoms with Crippen molar-refractivity contribution >= 4 is 68.3 Å². The van der Waals surface area contributed by atoms with Crippen LogP contribution < -0.4 is 25.3 Å². The number of benzene rings is 3. The van der Waals surface area contributed by atoms with E-state index in [1.165, 1.54) is 5.69 Å². The molecule has 12 nitrogen and oxygen atoms in total. The van der Waals surface area contributed by atoms with Crippen LogP contribution in [-0.4, -0.2) is 90.7 Å². The van der Waals surface area contributed by atoms with E-state index in [2.05, 4.69) is 71.4 Å². The van der Waals surface area contributed by atoms with Crippen molar-refractivity contribution in [3.63, 3.8) is 0 Å². The molecule has 0 radical (unpaired) electrons. The molecule has 4 saturated heterocycles. The number of fused-ring (bicyclic) bond motifs is 2. The molecule has 5 aromatic rings. The molecule has 294 valence electrons. The highest BCUT2D eigenvalue weighted by Gasteiger charge is 2.29. The summed E-state index contributed by atoms with van der Waals surface area (Å²) in [4.78, 5) is 49.8. The Balaban J connectivity index is 0.721. The fraction of sp³-hybridized carbons (Fsp3) is 0.409. The van der Waals surface area contributed by atoms with E-state index in [0.717, 1.165) is 118 Å². The van der Waals surface area contributed by atoms with Crippen LogP contribution >= 0.6 is 11.6 Å². The number of urea groups is 1. The van der Waals surface area contributed by atoms with E-state index in [0.29, 0.717) is 41.1 Å². The summed E-state index contributed by atoms with van der Waals surface area (Å²) in [6, 6.07) is 22.6. The lowest BCUT2D eigenvalue weighted by Crippen LogP contribution is -2.49. The minimum atomic E-state index is -0.347. The molecule has 0 bridgehead atoms. The normalized spacial score (nSPS) is 19.3. The Morgan fingerprint density at radius 2 is 1.60 bits per heavy atom. The van der Waals surface area contributed by atoms with Crippen molar-refractivity contribution in [2.75, 3.05) is 67.1 Å². The molecular formula is C44H48ClN9O3. The zero-order chi connectivity index (χ0) is 39.0. The molecule has 3 aromatic carbocycles. The van der Waals surface area contributed by atoms with Crippen LogP contribution in [0.1, 0.15) is 66.9 Å². The van der Waals surface area contributed by atoms with Crippen molar-refractivity contribution in [1.29, 1.82) is 5.26 Å². The maximum absolute atomic E-state index is 13.3. The smallest absolute Gasteiger partial charge is 0.328 e. The lowest BCUT2D eigenvalue weighted by molar-refractivity contribution is -0.120. The van der Waals surface area contributed by atoms with E-state index >= 15 is 0 Å². The molecule has 6 heterocycles. The molecule has 0 unspecified atom stereocenters. The Morgan fingerprint density at radius 3 is 2.33 bits per heavy atom.